The highest BCUT2D eigenvalue weighted by Gasteiger charge is 2.03. The third-order valence-electron chi connectivity index (χ3n) is 2.69. The summed E-state index contributed by atoms with van der Waals surface area (Å²) in [5, 5.41) is 2.75. The van der Waals surface area contributed by atoms with Crippen LogP contribution in [0.3, 0.4) is 0 Å². The van der Waals surface area contributed by atoms with E-state index in [0.29, 0.717) is 6.54 Å². The molecule has 0 saturated heterocycles. The highest BCUT2D eigenvalue weighted by Crippen LogP contribution is 2.16. The van der Waals surface area contributed by atoms with Crippen LogP contribution in [0, 0.1) is 0 Å². The standard InChI is InChI=1S/C13H10N2OS/c16-13-11-4-8-17-12(11)3-7-15(13)9-10-1-5-14-6-2-10/h1-8H,9H2. The van der Waals surface area contributed by atoms with Gasteiger partial charge in [0.15, 0.2) is 0 Å². The Morgan fingerprint density at radius 1 is 1.18 bits per heavy atom. The number of hydrogen-bond donors (Lipinski definition) is 0. The molecular formula is C13H10N2OS. The molecule has 3 nitrogen and oxygen atoms in total. The van der Waals surface area contributed by atoms with Gasteiger partial charge in [0.05, 0.1) is 11.9 Å². The van der Waals surface area contributed by atoms with Gasteiger partial charge in [0.25, 0.3) is 5.56 Å². The molecule has 0 bridgehead atoms. The molecule has 84 valence electrons. The van der Waals surface area contributed by atoms with E-state index in [4.69, 9.17) is 0 Å². The molecule has 0 aliphatic rings. The monoisotopic (exact) mass is 242 g/mol. The quantitative estimate of drug-likeness (QED) is 0.692. The van der Waals surface area contributed by atoms with Crippen LogP contribution in [0.1, 0.15) is 5.56 Å². The second-order valence-electron chi connectivity index (χ2n) is 3.80. The van der Waals surface area contributed by atoms with Crippen molar-refractivity contribution in [2.75, 3.05) is 0 Å². The van der Waals surface area contributed by atoms with Crippen molar-refractivity contribution in [3.63, 3.8) is 0 Å². The normalized spacial score (nSPS) is 10.8. The van der Waals surface area contributed by atoms with Crippen LogP contribution in [-0.2, 0) is 6.54 Å². The molecule has 0 atom stereocenters. The molecule has 17 heavy (non-hydrogen) atoms. The van der Waals surface area contributed by atoms with Crippen molar-refractivity contribution in [2.45, 2.75) is 6.54 Å². The maximum absolute atomic E-state index is 12.1. The fourth-order valence-electron chi connectivity index (χ4n) is 1.82. The van der Waals surface area contributed by atoms with Crippen LogP contribution >= 0.6 is 11.3 Å². The van der Waals surface area contributed by atoms with Crippen LogP contribution in [0.5, 0.6) is 0 Å². The van der Waals surface area contributed by atoms with E-state index in [-0.39, 0.29) is 5.56 Å². The Balaban J connectivity index is 2.07. The van der Waals surface area contributed by atoms with Crippen LogP contribution in [0.15, 0.2) is 53.0 Å². The average molecular weight is 242 g/mol. The zero-order chi connectivity index (χ0) is 11.7. The predicted octanol–water partition coefficient (Wildman–Crippen LogP) is 2.51. The lowest BCUT2D eigenvalue weighted by Gasteiger charge is -2.05. The molecule has 0 N–H and O–H groups in total. The fraction of sp³-hybridized carbons (Fsp3) is 0.0769. The molecule has 3 rings (SSSR count). The number of thiophene rings is 1. The van der Waals surface area contributed by atoms with Crippen LogP contribution < -0.4 is 5.56 Å². The molecular weight excluding hydrogens is 232 g/mol. The molecule has 4 heteroatoms. The Bertz CT molecular complexity index is 700. The lowest BCUT2D eigenvalue weighted by atomic mass is 10.2. The van der Waals surface area contributed by atoms with E-state index in [9.17, 15) is 4.79 Å². The highest BCUT2D eigenvalue weighted by atomic mass is 32.1. The summed E-state index contributed by atoms with van der Waals surface area (Å²) in [7, 11) is 0. The van der Waals surface area contributed by atoms with Crippen molar-refractivity contribution in [3.05, 3.63) is 64.2 Å². The highest BCUT2D eigenvalue weighted by molar-refractivity contribution is 7.17. The van der Waals surface area contributed by atoms with Gasteiger partial charge in [0.1, 0.15) is 0 Å². The van der Waals surface area contributed by atoms with Gasteiger partial charge < -0.3 is 4.57 Å². The van der Waals surface area contributed by atoms with E-state index < -0.39 is 0 Å². The van der Waals surface area contributed by atoms with E-state index in [1.54, 1.807) is 28.3 Å². The fourth-order valence-corrected chi connectivity index (χ4v) is 2.59. The molecule has 0 saturated carbocycles. The first-order chi connectivity index (χ1) is 8.34. The first-order valence-electron chi connectivity index (χ1n) is 5.30. The van der Waals surface area contributed by atoms with Gasteiger partial charge in [-0.05, 0) is 35.2 Å². The van der Waals surface area contributed by atoms with E-state index in [2.05, 4.69) is 4.98 Å². The topological polar surface area (TPSA) is 34.9 Å². The van der Waals surface area contributed by atoms with Gasteiger partial charge in [-0.2, -0.15) is 0 Å². The molecule has 0 fully saturated rings. The molecule has 0 spiro atoms. The summed E-state index contributed by atoms with van der Waals surface area (Å²) < 4.78 is 2.77. The number of hydrogen-bond acceptors (Lipinski definition) is 3. The predicted molar refractivity (Wildman–Crippen MR) is 69.4 cm³/mol. The minimum absolute atomic E-state index is 0.0700. The summed E-state index contributed by atoms with van der Waals surface area (Å²) >= 11 is 1.59. The number of fused-ring (bicyclic) bond motifs is 1. The SMILES string of the molecule is O=c1c2ccsc2ccn1Cc1ccncc1. The summed E-state index contributed by atoms with van der Waals surface area (Å²) in [5.74, 6) is 0. The maximum atomic E-state index is 12.1. The molecule has 0 aliphatic carbocycles. The van der Waals surface area contributed by atoms with Gasteiger partial charge in [0.2, 0.25) is 0 Å². The Hall–Kier alpha value is -1.94. The lowest BCUT2D eigenvalue weighted by Crippen LogP contribution is -2.19. The Kier molecular flexibility index (Phi) is 2.49. The van der Waals surface area contributed by atoms with Crippen molar-refractivity contribution in [1.29, 1.82) is 0 Å². The van der Waals surface area contributed by atoms with Crippen LogP contribution in [-0.4, -0.2) is 9.55 Å². The first kappa shape index (κ1) is 10.2. The average Bonchev–Trinajstić information content (AvgIpc) is 2.83. The van der Waals surface area contributed by atoms with Crippen LogP contribution in [0.25, 0.3) is 10.1 Å². The second-order valence-corrected chi connectivity index (χ2v) is 4.75. The van der Waals surface area contributed by atoms with Gasteiger partial charge in [-0.25, -0.2) is 0 Å². The molecule has 0 aromatic carbocycles. The Morgan fingerprint density at radius 2 is 2.00 bits per heavy atom. The van der Waals surface area contributed by atoms with Crippen molar-refractivity contribution < 1.29 is 0 Å². The van der Waals surface area contributed by atoms with Gasteiger partial charge in [-0.3, -0.25) is 9.78 Å². The Morgan fingerprint density at radius 3 is 2.82 bits per heavy atom. The summed E-state index contributed by atoms with van der Waals surface area (Å²) in [5.41, 5.74) is 1.15. The molecule has 0 aliphatic heterocycles. The zero-order valence-electron chi connectivity index (χ0n) is 9.04. The van der Waals surface area contributed by atoms with Crippen molar-refractivity contribution >= 4 is 21.4 Å². The molecule has 3 heterocycles. The Labute approximate surface area is 102 Å². The molecule has 0 unspecified atom stereocenters. The summed E-state index contributed by atoms with van der Waals surface area (Å²) in [6.07, 6.45) is 5.33. The first-order valence-corrected chi connectivity index (χ1v) is 6.18. The zero-order valence-corrected chi connectivity index (χ0v) is 9.85. The van der Waals surface area contributed by atoms with E-state index in [0.717, 1.165) is 15.6 Å². The largest absolute Gasteiger partial charge is 0.311 e. The van der Waals surface area contributed by atoms with Crippen molar-refractivity contribution in [1.82, 2.24) is 9.55 Å². The van der Waals surface area contributed by atoms with E-state index in [1.165, 1.54) is 0 Å². The van der Waals surface area contributed by atoms with Gasteiger partial charge in [0, 0.05) is 23.3 Å². The van der Waals surface area contributed by atoms with Crippen LogP contribution in [0.4, 0.5) is 0 Å². The number of pyridine rings is 2. The number of aromatic nitrogens is 2. The molecule has 3 aromatic rings. The smallest absolute Gasteiger partial charge is 0.259 e. The third kappa shape index (κ3) is 1.87. The van der Waals surface area contributed by atoms with Gasteiger partial charge in [-0.1, -0.05) is 0 Å². The molecule has 0 amide bonds. The third-order valence-corrected chi connectivity index (χ3v) is 3.58. The summed E-state index contributed by atoms with van der Waals surface area (Å²) in [4.78, 5) is 16.1. The lowest BCUT2D eigenvalue weighted by molar-refractivity contribution is 0.767. The summed E-state index contributed by atoms with van der Waals surface area (Å²) in [6, 6.07) is 7.71. The molecule has 0 radical (unpaired) electrons. The van der Waals surface area contributed by atoms with E-state index >= 15 is 0 Å². The van der Waals surface area contributed by atoms with Gasteiger partial charge in [-0.15, -0.1) is 11.3 Å². The van der Waals surface area contributed by atoms with E-state index in [1.807, 2.05) is 35.8 Å². The van der Waals surface area contributed by atoms with Crippen molar-refractivity contribution in [3.8, 4) is 0 Å². The van der Waals surface area contributed by atoms with Crippen LogP contribution in [0.2, 0.25) is 0 Å². The second kappa shape index (κ2) is 4.14. The number of rotatable bonds is 2. The van der Waals surface area contributed by atoms with Crippen molar-refractivity contribution in [2.24, 2.45) is 0 Å². The minimum atomic E-state index is 0.0700. The minimum Gasteiger partial charge on any atom is -0.311 e. The number of nitrogens with zero attached hydrogens (tertiary/aromatic N) is 2. The molecule has 3 aromatic heterocycles. The summed E-state index contributed by atoms with van der Waals surface area (Å²) in [6.45, 7) is 0.590. The van der Waals surface area contributed by atoms with Gasteiger partial charge >= 0.3 is 0 Å². The maximum Gasteiger partial charge on any atom is 0.259 e.